The van der Waals surface area contributed by atoms with Gasteiger partial charge in [0.2, 0.25) is 11.8 Å². The molecule has 0 spiro atoms. The molecule has 1 unspecified atom stereocenters. The van der Waals surface area contributed by atoms with E-state index in [0.717, 1.165) is 50.1 Å². The molecule has 2 aromatic heterocycles. The Morgan fingerprint density at radius 2 is 1.82 bits per heavy atom. The number of fused-ring (bicyclic) bond motifs is 6. The highest BCUT2D eigenvalue weighted by Crippen LogP contribution is 2.42. The minimum Gasteiger partial charge on any atom is -0.464 e. The summed E-state index contributed by atoms with van der Waals surface area (Å²) >= 11 is 0. The van der Waals surface area contributed by atoms with E-state index in [1.807, 2.05) is 39.0 Å². The van der Waals surface area contributed by atoms with Gasteiger partial charge in [-0.2, -0.15) is 0 Å². The van der Waals surface area contributed by atoms with E-state index in [2.05, 4.69) is 84.3 Å². The summed E-state index contributed by atoms with van der Waals surface area (Å²) in [6.07, 6.45) is 3.75. The van der Waals surface area contributed by atoms with E-state index in [9.17, 15) is 24.0 Å². The second-order valence-corrected chi connectivity index (χ2v) is 19.1. The predicted molar refractivity (Wildman–Crippen MR) is 253 cm³/mol. The number of likely N-dealkylation sites (tertiary alicyclic amines) is 1. The number of esters is 1. The fourth-order valence-electron chi connectivity index (χ4n) is 9.93. The number of amides is 4. The molecule has 5 atom stereocenters. The number of methoxy groups -OCH3 is 1. The second-order valence-electron chi connectivity index (χ2n) is 19.1. The molecular weight excluding hydrogens is 835 g/mol. The standard InChI is InChI=1S/C52H65N7O7/c1-10-15-44(60)57-25-22-37(30-57)49(62)56(8)46(32(3)4)48(61)54-42-27-34-16-12-17-35(26-34)36-20-21-43-39(28-36)40(47(58(43)11-2)38-18-13-23-53-45(38)33(5)65-9)29-52(6,7)31-66-51(64)41-19-14-24-59(55-41)50(42)63/h12-13,16-18,20-21,23,26,28,32-33,37,41-42,46,55H,11,14,19,22,24-25,27,29-31H2,1-9H3,(H,54,61)/t33-,37-,41-,42-,46?/m0/s1. The first kappa shape index (κ1) is 47.9. The number of nitrogens with one attached hydrogen (secondary N) is 2. The van der Waals surface area contributed by atoms with Crippen molar-refractivity contribution in [3.8, 4) is 34.2 Å². The largest absolute Gasteiger partial charge is 0.464 e. The lowest BCUT2D eigenvalue weighted by Crippen LogP contribution is -2.62. The smallest absolute Gasteiger partial charge is 0.324 e. The summed E-state index contributed by atoms with van der Waals surface area (Å²) < 4.78 is 14.3. The van der Waals surface area contributed by atoms with Gasteiger partial charge in [-0.15, -0.1) is 0 Å². The van der Waals surface area contributed by atoms with E-state index in [-0.39, 0.29) is 43.4 Å². The molecule has 2 saturated heterocycles. The van der Waals surface area contributed by atoms with E-state index in [1.54, 1.807) is 32.2 Å². The van der Waals surface area contributed by atoms with Crippen molar-refractivity contribution in [2.45, 2.75) is 111 Å². The fourth-order valence-corrected chi connectivity index (χ4v) is 9.93. The molecule has 0 radical (unpaired) electrons. The average molecular weight is 900 g/mol. The molecule has 2 N–H and O–H groups in total. The van der Waals surface area contributed by atoms with Crippen molar-refractivity contribution < 1.29 is 33.4 Å². The van der Waals surface area contributed by atoms with Gasteiger partial charge in [-0.25, -0.2) is 5.43 Å². The number of hydrazine groups is 1. The molecule has 14 nitrogen and oxygen atoms in total. The maximum absolute atomic E-state index is 14.7. The van der Waals surface area contributed by atoms with Crippen LogP contribution in [0.5, 0.6) is 0 Å². The van der Waals surface area contributed by atoms with Crippen LogP contribution in [0.15, 0.2) is 60.8 Å². The van der Waals surface area contributed by atoms with Crippen LogP contribution in [-0.2, 0) is 52.8 Å². The molecule has 4 amide bonds. The fraction of sp³-hybridized carbons (Fsp3) is 0.500. The molecule has 2 fully saturated rings. The van der Waals surface area contributed by atoms with Crippen LogP contribution in [0.1, 0.15) is 90.7 Å². The number of cyclic esters (lactones) is 1. The Hall–Kier alpha value is -6.04. The minimum absolute atomic E-state index is 0.135. The Morgan fingerprint density at radius 3 is 2.55 bits per heavy atom. The third kappa shape index (κ3) is 10.0. The zero-order valence-corrected chi connectivity index (χ0v) is 39.9. The quantitative estimate of drug-likeness (QED) is 0.150. The van der Waals surface area contributed by atoms with E-state index in [4.69, 9.17) is 14.5 Å². The summed E-state index contributed by atoms with van der Waals surface area (Å²) in [5.74, 6) is 2.49. The Balaban J connectivity index is 1.28. The Kier molecular flexibility index (Phi) is 14.7. The summed E-state index contributed by atoms with van der Waals surface area (Å²) in [6.45, 7) is 15.5. The highest BCUT2D eigenvalue weighted by Gasteiger charge is 2.40. The first-order chi connectivity index (χ1) is 31.5. The summed E-state index contributed by atoms with van der Waals surface area (Å²) in [5.41, 5.74) is 10.5. The number of carbonyl (C=O) groups excluding carboxylic acids is 5. The lowest BCUT2D eigenvalue weighted by Gasteiger charge is -2.37. The molecule has 2 aromatic carbocycles. The summed E-state index contributed by atoms with van der Waals surface area (Å²) in [6, 6.07) is 15.8. The molecule has 14 heteroatoms. The van der Waals surface area contributed by atoms with Crippen LogP contribution < -0.4 is 10.7 Å². The summed E-state index contributed by atoms with van der Waals surface area (Å²) in [5, 5.41) is 5.57. The van der Waals surface area contributed by atoms with Crippen molar-refractivity contribution in [2.75, 3.05) is 40.4 Å². The normalized spacial score (nSPS) is 20.8. The van der Waals surface area contributed by atoms with Crippen molar-refractivity contribution in [1.82, 2.24) is 35.1 Å². The van der Waals surface area contributed by atoms with Crippen LogP contribution in [0.2, 0.25) is 0 Å². The number of ether oxygens (including phenoxy) is 2. The summed E-state index contributed by atoms with van der Waals surface area (Å²) in [7, 11) is 3.30. The number of nitrogens with zero attached hydrogens (tertiary/aromatic N) is 5. The van der Waals surface area contributed by atoms with E-state index in [0.29, 0.717) is 45.3 Å². The highest BCUT2D eigenvalue weighted by atomic mass is 16.5. The van der Waals surface area contributed by atoms with Crippen molar-refractivity contribution in [3.63, 3.8) is 0 Å². The van der Waals surface area contributed by atoms with Gasteiger partial charge in [0.05, 0.1) is 30.0 Å². The monoisotopic (exact) mass is 899 g/mol. The number of hydrogen-bond donors (Lipinski definition) is 2. The van der Waals surface area contributed by atoms with Gasteiger partial charge in [-0.1, -0.05) is 63.9 Å². The number of likely N-dealkylation sites (N-methyl/N-ethyl adjacent to an activating group) is 1. The zero-order chi connectivity index (χ0) is 47.4. The minimum atomic E-state index is -1.05. The number of rotatable bonds is 9. The number of benzene rings is 2. The van der Waals surface area contributed by atoms with Gasteiger partial charge in [0, 0.05) is 74.8 Å². The van der Waals surface area contributed by atoms with Crippen LogP contribution in [0.25, 0.3) is 33.3 Å². The molecular formula is C52H65N7O7. The van der Waals surface area contributed by atoms with Gasteiger partial charge in [0.25, 0.3) is 11.8 Å². The lowest BCUT2D eigenvalue weighted by atomic mass is 9.84. The maximum atomic E-state index is 14.7. The number of aryl methyl sites for hydroxylation is 1. The van der Waals surface area contributed by atoms with Crippen molar-refractivity contribution in [3.05, 3.63) is 77.6 Å². The highest BCUT2D eigenvalue weighted by molar-refractivity contribution is 5.97. The molecule has 350 valence electrons. The van der Waals surface area contributed by atoms with Crippen LogP contribution in [-0.4, -0.2) is 112 Å². The zero-order valence-electron chi connectivity index (χ0n) is 39.9. The summed E-state index contributed by atoms with van der Waals surface area (Å²) in [4.78, 5) is 77.4. The predicted octanol–water partition coefficient (Wildman–Crippen LogP) is 6.10. The van der Waals surface area contributed by atoms with Gasteiger partial charge >= 0.3 is 5.97 Å². The first-order valence-electron chi connectivity index (χ1n) is 23.3. The number of pyridine rings is 1. The number of carbonyl (C=O) groups is 5. The molecule has 0 aliphatic carbocycles. The first-order valence-corrected chi connectivity index (χ1v) is 23.3. The van der Waals surface area contributed by atoms with Gasteiger partial charge in [0.15, 0.2) is 0 Å². The number of aromatic nitrogens is 2. The van der Waals surface area contributed by atoms with Crippen LogP contribution in [0, 0.1) is 29.1 Å². The van der Waals surface area contributed by atoms with Crippen molar-refractivity contribution in [1.29, 1.82) is 0 Å². The number of hydrogen-bond acceptors (Lipinski definition) is 9. The molecule has 3 aliphatic rings. The average Bonchev–Trinajstić information content (AvgIpc) is 3.92. The molecule has 3 aliphatic heterocycles. The maximum Gasteiger partial charge on any atom is 0.324 e. The van der Waals surface area contributed by atoms with E-state index >= 15 is 0 Å². The van der Waals surface area contributed by atoms with Gasteiger partial charge in [-0.3, -0.25) is 34.0 Å². The van der Waals surface area contributed by atoms with E-state index in [1.165, 1.54) is 9.91 Å². The second kappa shape index (κ2) is 20.2. The van der Waals surface area contributed by atoms with Gasteiger partial charge in [-0.05, 0) is 105 Å². The van der Waals surface area contributed by atoms with Crippen molar-refractivity contribution >= 4 is 40.5 Å². The van der Waals surface area contributed by atoms with E-state index < -0.39 is 47.2 Å². The SMILES string of the molecule is CC#CC(=O)N1CC[C@H](C(=O)N(C)C(C(=O)N[C@H]2Cc3cccc(c3)-c3ccc4c(c3)c(c(-c3cccnc3[C@H](C)OC)n4CC)CC(C)(C)COC(=O)[C@@H]3CCCN(N3)C2=O)C(C)C)C1. The molecule has 7 rings (SSSR count). The lowest BCUT2D eigenvalue weighted by molar-refractivity contribution is -0.155. The Bertz CT molecular complexity index is 2550. The molecule has 6 bridgehead atoms. The van der Waals surface area contributed by atoms with Crippen LogP contribution in [0.4, 0.5) is 0 Å². The molecule has 5 heterocycles. The molecule has 4 aromatic rings. The van der Waals surface area contributed by atoms with Crippen LogP contribution in [0.3, 0.4) is 0 Å². The topological polar surface area (TPSA) is 155 Å². The van der Waals surface area contributed by atoms with Gasteiger partial charge in [0.1, 0.15) is 18.1 Å². The molecule has 0 saturated carbocycles. The Morgan fingerprint density at radius 1 is 1.05 bits per heavy atom. The van der Waals surface area contributed by atoms with Crippen LogP contribution >= 0.6 is 0 Å². The van der Waals surface area contributed by atoms with Crippen molar-refractivity contribution in [2.24, 2.45) is 17.3 Å². The Labute approximate surface area is 388 Å². The third-order valence-electron chi connectivity index (χ3n) is 13.4. The third-order valence-corrected chi connectivity index (χ3v) is 13.4. The van der Waals surface area contributed by atoms with Gasteiger partial charge < -0.3 is 29.2 Å². The molecule has 66 heavy (non-hydrogen) atoms.